The number of aromatic hydroxyl groups is 1. The summed E-state index contributed by atoms with van der Waals surface area (Å²) in [6.45, 7) is 3.96. The van der Waals surface area contributed by atoms with E-state index in [0.29, 0.717) is 41.0 Å². The summed E-state index contributed by atoms with van der Waals surface area (Å²) < 4.78 is 16.7. The zero-order chi connectivity index (χ0) is 20.0. The first-order valence-corrected chi connectivity index (χ1v) is 10.0. The van der Waals surface area contributed by atoms with Crippen LogP contribution >= 0.6 is 0 Å². The van der Waals surface area contributed by atoms with Crippen molar-refractivity contribution in [3.63, 3.8) is 0 Å². The second-order valence-electron chi connectivity index (χ2n) is 7.81. The number of carbonyl (C=O) groups excluding carboxylic acids is 1. The zero-order valence-electron chi connectivity index (χ0n) is 16.3. The van der Waals surface area contributed by atoms with Crippen LogP contribution in [0.1, 0.15) is 47.7 Å². The quantitative estimate of drug-likeness (QED) is 0.792. The van der Waals surface area contributed by atoms with Gasteiger partial charge in [-0.25, -0.2) is 0 Å². The molecular weight excluding hydrogens is 370 g/mol. The molecule has 2 aromatic rings. The summed E-state index contributed by atoms with van der Waals surface area (Å²) in [5, 5.41) is 10.5. The molecule has 0 radical (unpaired) electrons. The fourth-order valence-electron chi connectivity index (χ4n) is 4.20. The minimum atomic E-state index is -0.175. The maximum absolute atomic E-state index is 12.9. The standard InChI is InChI=1S/C23H23NO5/c1-14-4-2-3-9-24(14)12-17-18(25)7-6-16-22(26)21(29-23(16)17)11-15-5-8-19-20(10-15)28-13-27-19/h5-8,10-11,14,25H,2-4,9,12-13H2,1H3. The molecule has 3 aliphatic heterocycles. The Morgan fingerprint density at radius 3 is 2.90 bits per heavy atom. The number of likely N-dealkylation sites (tertiary alicyclic amines) is 1. The normalized spacial score (nSPS) is 22.0. The van der Waals surface area contributed by atoms with Gasteiger partial charge in [0.1, 0.15) is 11.5 Å². The Kier molecular flexibility index (Phi) is 4.43. The molecule has 2 aromatic carbocycles. The van der Waals surface area contributed by atoms with Gasteiger partial charge in [0.2, 0.25) is 12.6 Å². The van der Waals surface area contributed by atoms with E-state index < -0.39 is 0 Å². The number of hydrogen-bond donors (Lipinski definition) is 1. The van der Waals surface area contributed by atoms with Gasteiger partial charge in [-0.1, -0.05) is 12.5 Å². The van der Waals surface area contributed by atoms with E-state index in [0.717, 1.165) is 24.9 Å². The van der Waals surface area contributed by atoms with Gasteiger partial charge >= 0.3 is 0 Å². The van der Waals surface area contributed by atoms with Crippen LogP contribution in [0.15, 0.2) is 36.1 Å². The molecule has 3 aliphatic rings. The second kappa shape index (κ2) is 7.12. The molecule has 1 unspecified atom stereocenters. The number of fused-ring (bicyclic) bond motifs is 2. The zero-order valence-corrected chi connectivity index (χ0v) is 16.3. The number of ether oxygens (including phenoxy) is 3. The maximum atomic E-state index is 12.9. The van der Waals surface area contributed by atoms with E-state index in [9.17, 15) is 9.90 Å². The van der Waals surface area contributed by atoms with Gasteiger partial charge in [0.05, 0.1) is 11.1 Å². The molecule has 1 N–H and O–H groups in total. The molecule has 1 atom stereocenters. The lowest BCUT2D eigenvalue weighted by atomic mass is 10.0. The Labute approximate surface area is 169 Å². The number of phenolic OH excluding ortho intramolecular Hbond substituents is 1. The van der Waals surface area contributed by atoms with Gasteiger partial charge < -0.3 is 19.3 Å². The topological polar surface area (TPSA) is 68.2 Å². The van der Waals surface area contributed by atoms with Crippen LogP contribution in [0, 0.1) is 0 Å². The highest BCUT2D eigenvalue weighted by atomic mass is 16.7. The number of Topliss-reactive ketones (excluding diaryl/α,β-unsaturated/α-hetero) is 1. The number of carbonyl (C=O) groups is 1. The number of rotatable bonds is 3. The van der Waals surface area contributed by atoms with Gasteiger partial charge in [0.25, 0.3) is 0 Å². The Morgan fingerprint density at radius 1 is 1.17 bits per heavy atom. The summed E-state index contributed by atoms with van der Waals surface area (Å²) in [6, 6.07) is 9.16. The molecule has 3 heterocycles. The summed E-state index contributed by atoms with van der Waals surface area (Å²) in [4.78, 5) is 15.2. The predicted molar refractivity (Wildman–Crippen MR) is 107 cm³/mol. The van der Waals surface area contributed by atoms with Crippen LogP contribution < -0.4 is 14.2 Å². The van der Waals surface area contributed by atoms with E-state index >= 15 is 0 Å². The van der Waals surface area contributed by atoms with Gasteiger partial charge in [-0.05, 0) is 62.2 Å². The first-order chi connectivity index (χ1) is 14.1. The van der Waals surface area contributed by atoms with E-state index in [-0.39, 0.29) is 24.1 Å². The molecule has 150 valence electrons. The first-order valence-electron chi connectivity index (χ1n) is 10.0. The molecule has 0 amide bonds. The molecule has 6 nitrogen and oxygen atoms in total. The average molecular weight is 393 g/mol. The Balaban J connectivity index is 1.45. The fourth-order valence-corrected chi connectivity index (χ4v) is 4.20. The van der Waals surface area contributed by atoms with Crippen LogP contribution in [-0.2, 0) is 6.54 Å². The van der Waals surface area contributed by atoms with Crippen LogP contribution in [0.5, 0.6) is 23.0 Å². The fraction of sp³-hybridized carbons (Fsp3) is 0.348. The molecule has 0 spiro atoms. The molecule has 0 aromatic heterocycles. The lowest BCUT2D eigenvalue weighted by Gasteiger charge is -2.33. The minimum absolute atomic E-state index is 0.165. The van der Waals surface area contributed by atoms with Crippen molar-refractivity contribution < 1.29 is 24.1 Å². The Bertz CT molecular complexity index is 1010. The smallest absolute Gasteiger partial charge is 0.231 e. The summed E-state index contributed by atoms with van der Waals surface area (Å²) in [5.74, 6) is 2.05. The number of nitrogens with zero attached hydrogens (tertiary/aromatic N) is 1. The molecule has 0 bridgehead atoms. The van der Waals surface area contributed by atoms with Crippen LogP contribution in [0.4, 0.5) is 0 Å². The molecular formula is C23H23NO5. The summed E-state index contributed by atoms with van der Waals surface area (Å²) in [6.07, 6.45) is 5.22. The highest BCUT2D eigenvalue weighted by molar-refractivity contribution is 6.15. The van der Waals surface area contributed by atoms with Crippen LogP contribution in [-0.4, -0.2) is 35.2 Å². The van der Waals surface area contributed by atoms with Crippen molar-refractivity contribution in [2.75, 3.05) is 13.3 Å². The van der Waals surface area contributed by atoms with E-state index in [1.165, 1.54) is 6.42 Å². The molecule has 0 saturated carbocycles. The van der Waals surface area contributed by atoms with E-state index in [2.05, 4.69) is 11.8 Å². The Hall–Kier alpha value is -2.99. The first kappa shape index (κ1) is 18.1. The molecule has 0 aliphatic carbocycles. The van der Waals surface area contributed by atoms with Crippen molar-refractivity contribution >= 4 is 11.9 Å². The van der Waals surface area contributed by atoms with Crippen molar-refractivity contribution in [1.82, 2.24) is 4.90 Å². The largest absolute Gasteiger partial charge is 0.507 e. The predicted octanol–water partition coefficient (Wildman–Crippen LogP) is 4.11. The monoisotopic (exact) mass is 393 g/mol. The number of hydrogen-bond acceptors (Lipinski definition) is 6. The lowest BCUT2D eigenvalue weighted by Crippen LogP contribution is -2.36. The van der Waals surface area contributed by atoms with Crippen LogP contribution in [0.3, 0.4) is 0 Å². The van der Waals surface area contributed by atoms with Gasteiger partial charge in [-0.15, -0.1) is 0 Å². The molecule has 1 fully saturated rings. The molecule has 6 heteroatoms. The maximum Gasteiger partial charge on any atom is 0.231 e. The number of piperidine rings is 1. The Morgan fingerprint density at radius 2 is 2.03 bits per heavy atom. The minimum Gasteiger partial charge on any atom is -0.507 e. The highest BCUT2D eigenvalue weighted by Crippen LogP contribution is 2.41. The third-order valence-corrected chi connectivity index (χ3v) is 5.91. The number of allylic oxidation sites excluding steroid dienone is 1. The average Bonchev–Trinajstić information content (AvgIpc) is 3.30. The van der Waals surface area contributed by atoms with Crippen LogP contribution in [0.2, 0.25) is 0 Å². The summed E-state index contributed by atoms with van der Waals surface area (Å²) in [5.41, 5.74) is 1.97. The lowest BCUT2D eigenvalue weighted by molar-refractivity contribution is 0.101. The molecule has 5 rings (SSSR count). The van der Waals surface area contributed by atoms with Gasteiger partial charge in [-0.2, -0.15) is 0 Å². The summed E-state index contributed by atoms with van der Waals surface area (Å²) in [7, 11) is 0. The molecule has 29 heavy (non-hydrogen) atoms. The third-order valence-electron chi connectivity index (χ3n) is 5.91. The number of ketones is 1. The van der Waals surface area contributed by atoms with E-state index in [1.807, 2.05) is 18.2 Å². The van der Waals surface area contributed by atoms with Crippen molar-refractivity contribution in [3.05, 3.63) is 52.8 Å². The van der Waals surface area contributed by atoms with Gasteiger partial charge in [0.15, 0.2) is 17.3 Å². The number of phenols is 1. The number of benzene rings is 2. The SMILES string of the molecule is CC1CCCCN1Cc1c(O)ccc2c1OC(=Cc1ccc3c(c1)OCO3)C2=O. The van der Waals surface area contributed by atoms with Crippen LogP contribution in [0.25, 0.3) is 6.08 Å². The van der Waals surface area contributed by atoms with Crippen molar-refractivity contribution in [3.8, 4) is 23.0 Å². The van der Waals surface area contributed by atoms with Crippen molar-refractivity contribution in [1.29, 1.82) is 0 Å². The highest BCUT2D eigenvalue weighted by Gasteiger charge is 2.32. The third kappa shape index (κ3) is 3.23. The summed E-state index contributed by atoms with van der Waals surface area (Å²) >= 11 is 0. The van der Waals surface area contributed by atoms with Gasteiger partial charge in [0, 0.05) is 12.6 Å². The van der Waals surface area contributed by atoms with E-state index in [4.69, 9.17) is 14.2 Å². The molecule has 1 saturated heterocycles. The van der Waals surface area contributed by atoms with E-state index in [1.54, 1.807) is 18.2 Å². The van der Waals surface area contributed by atoms with Crippen molar-refractivity contribution in [2.45, 2.75) is 38.8 Å². The second-order valence-corrected chi connectivity index (χ2v) is 7.81. The van der Waals surface area contributed by atoms with Gasteiger partial charge in [-0.3, -0.25) is 9.69 Å². The van der Waals surface area contributed by atoms with Crippen molar-refractivity contribution in [2.24, 2.45) is 0 Å².